The highest BCUT2D eigenvalue weighted by Crippen LogP contribution is 2.30. The minimum absolute atomic E-state index is 0.313. The first-order valence-electron chi connectivity index (χ1n) is 6.35. The largest absolute Gasteiger partial charge is 0.508 e. The number of hydrogen-bond donors (Lipinski definition) is 1. The molecule has 0 atom stereocenters. The van der Waals surface area contributed by atoms with E-state index in [1.54, 1.807) is 6.07 Å². The number of hydrogen-bond acceptors (Lipinski definition) is 1. The number of aromatic hydroxyl groups is 1. The van der Waals surface area contributed by atoms with Crippen LogP contribution in [0.3, 0.4) is 0 Å². The van der Waals surface area contributed by atoms with Gasteiger partial charge in [-0.25, -0.2) is 0 Å². The average Bonchev–Trinajstić information content (AvgIpc) is 2.44. The lowest BCUT2D eigenvalue weighted by Crippen LogP contribution is -1.79. The molecule has 0 fully saturated rings. The Hall–Kier alpha value is -2.54. The molecule has 90 valence electrons. The van der Waals surface area contributed by atoms with Crippen molar-refractivity contribution in [3.8, 4) is 5.75 Å². The third kappa shape index (κ3) is 1.55. The van der Waals surface area contributed by atoms with Gasteiger partial charge < -0.3 is 5.11 Å². The zero-order valence-electron chi connectivity index (χ0n) is 10.3. The quantitative estimate of drug-likeness (QED) is 0.346. The van der Waals surface area contributed by atoms with E-state index in [-0.39, 0.29) is 0 Å². The van der Waals surface area contributed by atoms with Crippen molar-refractivity contribution < 1.29 is 5.11 Å². The van der Waals surface area contributed by atoms with Gasteiger partial charge in [-0.1, -0.05) is 42.5 Å². The lowest BCUT2D eigenvalue weighted by Gasteiger charge is -2.06. The fourth-order valence-corrected chi connectivity index (χ4v) is 2.74. The summed E-state index contributed by atoms with van der Waals surface area (Å²) in [5.41, 5.74) is 0. The summed E-state index contributed by atoms with van der Waals surface area (Å²) in [5.74, 6) is 0.313. The topological polar surface area (TPSA) is 20.2 Å². The Bertz CT molecular complexity index is 922. The molecule has 0 saturated heterocycles. The summed E-state index contributed by atoms with van der Waals surface area (Å²) in [7, 11) is 0. The molecule has 0 saturated carbocycles. The number of benzene rings is 4. The molecular weight excluding hydrogens is 232 g/mol. The van der Waals surface area contributed by atoms with E-state index < -0.39 is 0 Å². The van der Waals surface area contributed by atoms with Crippen molar-refractivity contribution in [1.82, 2.24) is 0 Å². The standard InChI is InChI=1S/C18H12O/c19-16-7-8-17-15(10-16)6-5-14-9-12-3-1-2-4-13(12)11-18(14)17/h1-11,19H. The molecule has 0 aliphatic rings. The minimum Gasteiger partial charge on any atom is -0.508 e. The molecule has 4 rings (SSSR count). The van der Waals surface area contributed by atoms with Crippen LogP contribution in [0.2, 0.25) is 0 Å². The first kappa shape index (κ1) is 10.4. The predicted molar refractivity (Wildman–Crippen MR) is 80.6 cm³/mol. The van der Waals surface area contributed by atoms with E-state index in [0.717, 1.165) is 5.39 Å². The second-order valence-electron chi connectivity index (χ2n) is 4.89. The van der Waals surface area contributed by atoms with Gasteiger partial charge in [0.15, 0.2) is 0 Å². The molecule has 0 heterocycles. The van der Waals surface area contributed by atoms with E-state index in [1.807, 2.05) is 12.1 Å². The van der Waals surface area contributed by atoms with Crippen molar-refractivity contribution in [1.29, 1.82) is 0 Å². The molecule has 0 aliphatic carbocycles. The molecule has 4 aromatic rings. The molecule has 0 aromatic heterocycles. The predicted octanol–water partition coefficient (Wildman–Crippen LogP) is 4.85. The summed E-state index contributed by atoms with van der Waals surface area (Å²) in [5, 5.41) is 16.8. The minimum atomic E-state index is 0.313. The van der Waals surface area contributed by atoms with E-state index in [4.69, 9.17) is 0 Å². The fraction of sp³-hybridized carbons (Fsp3) is 0. The molecule has 0 aliphatic heterocycles. The average molecular weight is 244 g/mol. The van der Waals surface area contributed by atoms with Crippen molar-refractivity contribution in [3.05, 3.63) is 66.7 Å². The Morgan fingerprint density at radius 2 is 1.21 bits per heavy atom. The molecule has 0 bridgehead atoms. The molecule has 19 heavy (non-hydrogen) atoms. The smallest absolute Gasteiger partial charge is 0.116 e. The van der Waals surface area contributed by atoms with Crippen LogP contribution in [0.4, 0.5) is 0 Å². The normalized spacial score (nSPS) is 11.4. The molecule has 0 amide bonds. The van der Waals surface area contributed by atoms with Gasteiger partial charge in [-0.05, 0) is 56.6 Å². The zero-order chi connectivity index (χ0) is 12.8. The summed E-state index contributed by atoms with van der Waals surface area (Å²) in [6, 6.07) is 22.6. The van der Waals surface area contributed by atoms with Crippen molar-refractivity contribution in [2.45, 2.75) is 0 Å². The molecule has 1 N–H and O–H groups in total. The summed E-state index contributed by atoms with van der Waals surface area (Å²) in [6.07, 6.45) is 0. The maximum atomic E-state index is 9.57. The highest BCUT2D eigenvalue weighted by molar-refractivity contribution is 6.12. The fourth-order valence-electron chi connectivity index (χ4n) is 2.74. The van der Waals surface area contributed by atoms with Crippen molar-refractivity contribution in [2.75, 3.05) is 0 Å². The molecule has 0 spiro atoms. The van der Waals surface area contributed by atoms with Gasteiger partial charge in [0.05, 0.1) is 0 Å². The van der Waals surface area contributed by atoms with E-state index in [2.05, 4.69) is 48.5 Å². The number of rotatable bonds is 0. The van der Waals surface area contributed by atoms with Crippen molar-refractivity contribution >= 4 is 32.3 Å². The third-order valence-corrected chi connectivity index (χ3v) is 3.69. The molecular formula is C18H12O. The number of phenols is 1. The molecule has 0 unspecified atom stereocenters. The van der Waals surface area contributed by atoms with Crippen molar-refractivity contribution in [2.24, 2.45) is 0 Å². The van der Waals surface area contributed by atoms with Gasteiger partial charge >= 0.3 is 0 Å². The SMILES string of the molecule is Oc1ccc2c(ccc3cc4ccccc4cc32)c1. The van der Waals surface area contributed by atoms with E-state index in [0.29, 0.717) is 5.75 Å². The van der Waals surface area contributed by atoms with Gasteiger partial charge in [-0.15, -0.1) is 0 Å². The van der Waals surface area contributed by atoms with Gasteiger partial charge in [0.1, 0.15) is 5.75 Å². The lowest BCUT2D eigenvalue weighted by atomic mass is 9.98. The Morgan fingerprint density at radius 3 is 2.00 bits per heavy atom. The number of fused-ring (bicyclic) bond motifs is 4. The van der Waals surface area contributed by atoms with E-state index in [1.165, 1.54) is 26.9 Å². The van der Waals surface area contributed by atoms with Crippen LogP contribution in [0.1, 0.15) is 0 Å². The van der Waals surface area contributed by atoms with Gasteiger partial charge in [-0.3, -0.25) is 0 Å². The second-order valence-corrected chi connectivity index (χ2v) is 4.89. The van der Waals surface area contributed by atoms with Crippen molar-refractivity contribution in [3.63, 3.8) is 0 Å². The van der Waals surface area contributed by atoms with Crippen LogP contribution in [0.5, 0.6) is 5.75 Å². The molecule has 1 heteroatoms. The van der Waals surface area contributed by atoms with Gasteiger partial charge in [0.2, 0.25) is 0 Å². The van der Waals surface area contributed by atoms with Crippen LogP contribution in [0.15, 0.2) is 66.7 Å². The molecule has 0 radical (unpaired) electrons. The monoisotopic (exact) mass is 244 g/mol. The van der Waals surface area contributed by atoms with E-state index in [9.17, 15) is 5.11 Å². The lowest BCUT2D eigenvalue weighted by molar-refractivity contribution is 0.476. The molecule has 1 nitrogen and oxygen atoms in total. The van der Waals surface area contributed by atoms with Gasteiger partial charge in [0.25, 0.3) is 0 Å². The highest BCUT2D eigenvalue weighted by Gasteiger charge is 2.03. The van der Waals surface area contributed by atoms with Gasteiger partial charge in [0, 0.05) is 0 Å². The van der Waals surface area contributed by atoms with Crippen LogP contribution in [-0.4, -0.2) is 5.11 Å². The Kier molecular flexibility index (Phi) is 2.04. The first-order chi connectivity index (χ1) is 9.31. The van der Waals surface area contributed by atoms with E-state index >= 15 is 0 Å². The summed E-state index contributed by atoms with van der Waals surface area (Å²) >= 11 is 0. The molecule has 4 aromatic carbocycles. The zero-order valence-corrected chi connectivity index (χ0v) is 10.3. The van der Waals surface area contributed by atoms with Crippen LogP contribution < -0.4 is 0 Å². The van der Waals surface area contributed by atoms with Crippen LogP contribution in [-0.2, 0) is 0 Å². The van der Waals surface area contributed by atoms with Crippen LogP contribution in [0.25, 0.3) is 32.3 Å². The summed E-state index contributed by atoms with van der Waals surface area (Å²) < 4.78 is 0. The Balaban J connectivity index is 2.22. The highest BCUT2D eigenvalue weighted by atomic mass is 16.3. The Labute approximate surface area is 110 Å². The second kappa shape index (κ2) is 3.72. The third-order valence-electron chi connectivity index (χ3n) is 3.69. The van der Waals surface area contributed by atoms with Crippen LogP contribution >= 0.6 is 0 Å². The summed E-state index contributed by atoms with van der Waals surface area (Å²) in [6.45, 7) is 0. The first-order valence-corrected chi connectivity index (χ1v) is 6.35. The maximum Gasteiger partial charge on any atom is 0.116 e. The van der Waals surface area contributed by atoms with Gasteiger partial charge in [-0.2, -0.15) is 0 Å². The Morgan fingerprint density at radius 1 is 0.526 bits per heavy atom. The van der Waals surface area contributed by atoms with Crippen LogP contribution in [0, 0.1) is 0 Å². The maximum absolute atomic E-state index is 9.57. The summed E-state index contributed by atoms with van der Waals surface area (Å²) in [4.78, 5) is 0. The number of phenolic OH excluding ortho intramolecular Hbond substituents is 1.